The molecular formula is C13H18N2O4S2. The van der Waals surface area contributed by atoms with E-state index in [9.17, 15) is 13.2 Å². The summed E-state index contributed by atoms with van der Waals surface area (Å²) in [6.07, 6.45) is 2.87. The Hall–Kier alpha value is -0.860. The fraction of sp³-hybridized carbons (Fsp3) is 0.692. The number of carbonyl (C=O) groups excluding carboxylic acids is 1. The highest BCUT2D eigenvalue weighted by molar-refractivity contribution is 8.15. The smallest absolute Gasteiger partial charge is 0.277 e. The van der Waals surface area contributed by atoms with Crippen molar-refractivity contribution >= 4 is 32.7 Å². The molecule has 0 unspecified atom stereocenters. The first-order chi connectivity index (χ1) is 10.00. The maximum atomic E-state index is 12.1. The van der Waals surface area contributed by atoms with Gasteiger partial charge in [-0.25, -0.2) is 8.42 Å². The van der Waals surface area contributed by atoms with E-state index >= 15 is 0 Å². The SMILES string of the molecule is C=CCN1C(=NC(=O)[C@@H]2CCCO2)S[C@H]2CS(=O)(=O)C[C@H]21. The molecule has 0 spiro atoms. The normalized spacial score (nSPS) is 36.1. The second kappa shape index (κ2) is 5.73. The first-order valence-electron chi connectivity index (χ1n) is 6.99. The molecule has 0 aromatic heterocycles. The van der Waals surface area contributed by atoms with Crippen LogP contribution in [0.2, 0.25) is 0 Å². The van der Waals surface area contributed by atoms with Crippen molar-refractivity contribution in [2.45, 2.75) is 30.2 Å². The second-order valence-corrected chi connectivity index (χ2v) is 8.84. The predicted octanol–water partition coefficient (Wildman–Crippen LogP) is 0.448. The number of nitrogens with zero attached hydrogens (tertiary/aromatic N) is 2. The molecule has 0 aromatic carbocycles. The lowest BCUT2D eigenvalue weighted by Crippen LogP contribution is -2.38. The number of ether oxygens (including phenoxy) is 1. The molecule has 0 saturated carbocycles. The summed E-state index contributed by atoms with van der Waals surface area (Å²) in [5, 5.41) is 0.575. The maximum Gasteiger partial charge on any atom is 0.277 e. The monoisotopic (exact) mass is 330 g/mol. The molecule has 3 aliphatic rings. The fourth-order valence-corrected chi connectivity index (χ4v) is 6.89. The molecule has 8 heteroatoms. The molecule has 3 fully saturated rings. The third-order valence-corrected chi connectivity index (χ3v) is 7.16. The number of sulfone groups is 1. The largest absolute Gasteiger partial charge is 0.368 e. The molecule has 0 radical (unpaired) electrons. The van der Waals surface area contributed by atoms with E-state index in [2.05, 4.69) is 11.6 Å². The highest BCUT2D eigenvalue weighted by atomic mass is 32.2. The molecule has 21 heavy (non-hydrogen) atoms. The molecule has 3 heterocycles. The summed E-state index contributed by atoms with van der Waals surface area (Å²) in [5.74, 6) is 0.0290. The lowest BCUT2D eigenvalue weighted by Gasteiger charge is -2.22. The zero-order valence-electron chi connectivity index (χ0n) is 11.6. The quantitative estimate of drug-likeness (QED) is 0.699. The summed E-state index contributed by atoms with van der Waals surface area (Å²) in [7, 11) is -2.99. The van der Waals surface area contributed by atoms with E-state index in [0.29, 0.717) is 24.7 Å². The van der Waals surface area contributed by atoms with Gasteiger partial charge in [0, 0.05) is 18.4 Å². The first kappa shape index (κ1) is 15.1. The Morgan fingerprint density at radius 2 is 2.33 bits per heavy atom. The molecule has 1 amide bonds. The van der Waals surface area contributed by atoms with Crippen molar-refractivity contribution in [1.29, 1.82) is 0 Å². The van der Waals surface area contributed by atoms with E-state index < -0.39 is 15.9 Å². The third kappa shape index (κ3) is 3.02. The summed E-state index contributed by atoms with van der Waals surface area (Å²) in [5.41, 5.74) is 0. The van der Waals surface area contributed by atoms with Gasteiger partial charge in [-0.05, 0) is 12.8 Å². The molecule has 0 aliphatic carbocycles. The minimum absolute atomic E-state index is 0.0361. The highest BCUT2D eigenvalue weighted by Crippen LogP contribution is 2.38. The van der Waals surface area contributed by atoms with Crippen LogP contribution < -0.4 is 0 Å². The van der Waals surface area contributed by atoms with Gasteiger partial charge in [-0.1, -0.05) is 17.8 Å². The molecular weight excluding hydrogens is 312 g/mol. The van der Waals surface area contributed by atoms with Gasteiger partial charge in [-0.15, -0.1) is 6.58 Å². The van der Waals surface area contributed by atoms with E-state index in [4.69, 9.17) is 4.74 Å². The standard InChI is InChI=1S/C13H18N2O4S2/c1-2-5-15-9-7-21(17,18)8-11(9)20-13(15)14-12(16)10-4-3-6-19-10/h2,9-11H,1,3-8H2/t9-,10+,11+/m1/s1. The molecule has 0 aromatic rings. The average Bonchev–Trinajstić information content (AvgIpc) is 3.08. The van der Waals surface area contributed by atoms with Crippen LogP contribution in [-0.2, 0) is 19.4 Å². The van der Waals surface area contributed by atoms with Gasteiger partial charge in [0.15, 0.2) is 15.0 Å². The maximum absolute atomic E-state index is 12.1. The number of fused-ring (bicyclic) bond motifs is 1. The van der Waals surface area contributed by atoms with Crippen molar-refractivity contribution in [2.75, 3.05) is 24.7 Å². The van der Waals surface area contributed by atoms with Crippen LogP contribution >= 0.6 is 11.8 Å². The van der Waals surface area contributed by atoms with E-state index in [-0.39, 0.29) is 28.7 Å². The Morgan fingerprint density at radius 3 is 3.00 bits per heavy atom. The lowest BCUT2D eigenvalue weighted by molar-refractivity contribution is -0.126. The highest BCUT2D eigenvalue weighted by Gasteiger charge is 2.48. The minimum Gasteiger partial charge on any atom is -0.368 e. The van der Waals surface area contributed by atoms with E-state index in [1.807, 2.05) is 4.90 Å². The fourth-order valence-electron chi connectivity index (χ4n) is 2.93. The van der Waals surface area contributed by atoms with Crippen LogP contribution in [-0.4, -0.2) is 66.4 Å². The molecule has 116 valence electrons. The molecule has 0 bridgehead atoms. The molecule has 3 aliphatic heterocycles. The van der Waals surface area contributed by atoms with E-state index in [1.165, 1.54) is 11.8 Å². The summed E-state index contributed by atoms with van der Waals surface area (Å²) in [6, 6.07) is -0.103. The summed E-state index contributed by atoms with van der Waals surface area (Å²) in [4.78, 5) is 18.2. The van der Waals surface area contributed by atoms with Gasteiger partial charge in [0.05, 0.1) is 17.5 Å². The first-order valence-corrected chi connectivity index (χ1v) is 9.69. The van der Waals surface area contributed by atoms with E-state index in [0.717, 1.165) is 6.42 Å². The Bertz CT molecular complexity index is 581. The van der Waals surface area contributed by atoms with Gasteiger partial charge in [0.2, 0.25) is 0 Å². The van der Waals surface area contributed by atoms with Crippen LogP contribution in [0.4, 0.5) is 0 Å². The van der Waals surface area contributed by atoms with Crippen molar-refractivity contribution in [3.8, 4) is 0 Å². The lowest BCUT2D eigenvalue weighted by atomic mass is 10.2. The van der Waals surface area contributed by atoms with Crippen LogP contribution in [0.5, 0.6) is 0 Å². The topological polar surface area (TPSA) is 76.0 Å². The Balaban J connectivity index is 1.79. The Labute approximate surface area is 128 Å². The number of amides is 1. The summed E-state index contributed by atoms with van der Waals surface area (Å²) in [6.45, 7) is 4.81. The molecule has 6 nitrogen and oxygen atoms in total. The summed E-state index contributed by atoms with van der Waals surface area (Å²) >= 11 is 1.39. The molecule has 0 N–H and O–H groups in total. The van der Waals surface area contributed by atoms with Gasteiger partial charge >= 0.3 is 0 Å². The Morgan fingerprint density at radius 1 is 1.52 bits per heavy atom. The number of hydrogen-bond donors (Lipinski definition) is 0. The zero-order chi connectivity index (χ0) is 15.0. The number of hydrogen-bond acceptors (Lipinski definition) is 5. The second-order valence-electron chi connectivity index (χ2n) is 5.48. The number of carbonyl (C=O) groups is 1. The van der Waals surface area contributed by atoms with Crippen molar-refractivity contribution in [3.05, 3.63) is 12.7 Å². The van der Waals surface area contributed by atoms with Crippen LogP contribution in [0.3, 0.4) is 0 Å². The van der Waals surface area contributed by atoms with Crippen LogP contribution in [0, 0.1) is 0 Å². The number of amidine groups is 1. The van der Waals surface area contributed by atoms with Crippen molar-refractivity contribution < 1.29 is 17.9 Å². The van der Waals surface area contributed by atoms with E-state index in [1.54, 1.807) is 6.08 Å². The number of rotatable bonds is 3. The van der Waals surface area contributed by atoms with Gasteiger partial charge in [-0.2, -0.15) is 4.99 Å². The predicted molar refractivity (Wildman–Crippen MR) is 82.1 cm³/mol. The number of thioether (sulfide) groups is 1. The van der Waals surface area contributed by atoms with Crippen LogP contribution in [0.1, 0.15) is 12.8 Å². The van der Waals surface area contributed by atoms with Crippen LogP contribution in [0.15, 0.2) is 17.6 Å². The van der Waals surface area contributed by atoms with Gasteiger partial charge in [0.25, 0.3) is 5.91 Å². The number of aliphatic imine (C=N–C) groups is 1. The zero-order valence-corrected chi connectivity index (χ0v) is 13.2. The Kier molecular flexibility index (Phi) is 4.11. The minimum atomic E-state index is -2.99. The molecule has 3 atom stereocenters. The van der Waals surface area contributed by atoms with Crippen molar-refractivity contribution in [3.63, 3.8) is 0 Å². The average molecular weight is 330 g/mol. The van der Waals surface area contributed by atoms with Gasteiger partial charge < -0.3 is 9.64 Å². The molecule has 3 saturated heterocycles. The van der Waals surface area contributed by atoms with Gasteiger partial charge in [0.1, 0.15) is 6.10 Å². The van der Waals surface area contributed by atoms with Crippen molar-refractivity contribution in [1.82, 2.24) is 4.90 Å². The van der Waals surface area contributed by atoms with Gasteiger partial charge in [-0.3, -0.25) is 4.79 Å². The molecule has 3 rings (SSSR count). The van der Waals surface area contributed by atoms with Crippen molar-refractivity contribution in [2.24, 2.45) is 4.99 Å². The third-order valence-electron chi connectivity index (χ3n) is 3.91. The van der Waals surface area contributed by atoms with Crippen LogP contribution in [0.25, 0.3) is 0 Å². The summed E-state index contributed by atoms with van der Waals surface area (Å²) < 4.78 is 28.8.